The average molecular weight is 392 g/mol. The van der Waals surface area contributed by atoms with Crippen LogP contribution in [0, 0.1) is 20.2 Å². The van der Waals surface area contributed by atoms with E-state index in [1.165, 1.54) is 12.1 Å². The summed E-state index contributed by atoms with van der Waals surface area (Å²) >= 11 is 0. The van der Waals surface area contributed by atoms with Crippen molar-refractivity contribution in [2.75, 3.05) is 5.43 Å². The fourth-order valence-corrected chi connectivity index (χ4v) is 4.22. The molecule has 2 aliphatic rings. The third-order valence-corrected chi connectivity index (χ3v) is 5.50. The number of non-ortho nitro benzene ring substituents is 1. The Kier molecular flexibility index (Phi) is 3.85. The topological polar surface area (TPSA) is 111 Å². The molecule has 0 amide bonds. The quantitative estimate of drug-likeness (QED) is 0.512. The highest BCUT2D eigenvalue weighted by atomic mass is 16.6. The number of benzene rings is 3. The minimum absolute atomic E-state index is 0.0235. The number of hydrogen-bond acceptors (Lipinski definition) is 7. The molecule has 0 saturated carbocycles. The first-order chi connectivity index (χ1) is 14.0. The normalized spacial score (nSPS) is 20.1. The largest absolute Gasteiger partial charge is 0.473 e. The molecular weight excluding hydrogens is 376 g/mol. The van der Waals surface area contributed by atoms with E-state index >= 15 is 0 Å². The van der Waals surface area contributed by atoms with Crippen LogP contribution in [-0.2, 0) is 0 Å². The summed E-state index contributed by atoms with van der Waals surface area (Å²) < 4.78 is 6.16. The summed E-state index contributed by atoms with van der Waals surface area (Å²) in [6.45, 7) is 0. The van der Waals surface area contributed by atoms with E-state index in [1.807, 2.05) is 41.4 Å². The van der Waals surface area contributed by atoms with Crippen LogP contribution in [0.1, 0.15) is 24.4 Å². The molecule has 0 radical (unpaired) electrons. The van der Waals surface area contributed by atoms with Gasteiger partial charge in [0.2, 0.25) is 0 Å². The van der Waals surface area contributed by atoms with Gasteiger partial charge >= 0.3 is 5.69 Å². The smallest absolute Gasteiger partial charge is 0.300 e. The van der Waals surface area contributed by atoms with Gasteiger partial charge in [-0.2, -0.15) is 5.01 Å². The molecule has 2 aliphatic heterocycles. The van der Waals surface area contributed by atoms with Gasteiger partial charge in [-0.15, -0.1) is 0 Å². The van der Waals surface area contributed by atoms with Crippen LogP contribution in [0.25, 0.3) is 10.8 Å². The molecule has 2 heterocycles. The van der Waals surface area contributed by atoms with E-state index in [4.69, 9.17) is 4.74 Å². The summed E-state index contributed by atoms with van der Waals surface area (Å²) in [5, 5.41) is 26.5. The Morgan fingerprint density at radius 3 is 2.62 bits per heavy atom. The van der Waals surface area contributed by atoms with Crippen molar-refractivity contribution < 1.29 is 14.6 Å². The van der Waals surface area contributed by atoms with Crippen LogP contribution < -0.4 is 10.2 Å². The van der Waals surface area contributed by atoms with Gasteiger partial charge in [0.1, 0.15) is 11.4 Å². The lowest BCUT2D eigenvalue weighted by atomic mass is 9.96. The van der Waals surface area contributed by atoms with Crippen molar-refractivity contribution in [2.24, 2.45) is 0 Å². The monoisotopic (exact) mass is 392 g/mol. The van der Waals surface area contributed by atoms with Crippen molar-refractivity contribution in [3.05, 3.63) is 80.4 Å². The maximum Gasteiger partial charge on any atom is 0.300 e. The zero-order valence-corrected chi connectivity index (χ0v) is 15.1. The van der Waals surface area contributed by atoms with Gasteiger partial charge in [-0.05, 0) is 29.3 Å². The number of anilines is 1. The van der Waals surface area contributed by atoms with Gasteiger partial charge in [0, 0.05) is 18.1 Å². The maximum absolute atomic E-state index is 11.5. The van der Waals surface area contributed by atoms with Crippen LogP contribution in [0.15, 0.2) is 54.6 Å². The Hall–Kier alpha value is -3.72. The van der Waals surface area contributed by atoms with Crippen LogP contribution in [0.4, 0.5) is 17.1 Å². The molecule has 0 unspecified atom stereocenters. The Bertz CT molecular complexity index is 1160. The highest BCUT2D eigenvalue weighted by Crippen LogP contribution is 2.48. The van der Waals surface area contributed by atoms with Gasteiger partial charge < -0.3 is 10.2 Å². The first kappa shape index (κ1) is 17.4. The van der Waals surface area contributed by atoms with Crippen molar-refractivity contribution in [1.29, 1.82) is 0 Å². The summed E-state index contributed by atoms with van der Waals surface area (Å²) in [7, 11) is 0. The van der Waals surface area contributed by atoms with E-state index in [0.717, 1.165) is 41.0 Å². The lowest BCUT2D eigenvalue weighted by Gasteiger charge is -2.37. The Morgan fingerprint density at radius 2 is 1.83 bits per heavy atom. The van der Waals surface area contributed by atoms with Crippen molar-refractivity contribution in [1.82, 2.24) is 5.01 Å². The van der Waals surface area contributed by atoms with E-state index in [-0.39, 0.29) is 29.3 Å². The molecule has 2 bridgehead atoms. The van der Waals surface area contributed by atoms with Crippen molar-refractivity contribution in [2.45, 2.75) is 25.1 Å². The second kappa shape index (κ2) is 6.42. The fourth-order valence-electron chi connectivity index (χ4n) is 4.22. The van der Waals surface area contributed by atoms with E-state index in [2.05, 4.69) is 5.43 Å². The number of nitrogens with zero attached hydrogens (tertiary/aromatic N) is 3. The molecule has 5 rings (SSSR count). The van der Waals surface area contributed by atoms with Gasteiger partial charge in [-0.3, -0.25) is 20.2 Å². The number of nitro groups is 2. The third kappa shape index (κ3) is 2.74. The standard InChI is InChI=1S/C20H16N4O5/c25-23(26)13-6-7-15(17(11-13)24(27)28)21-22-16-8-10-19(22)29-18-9-5-12-3-1-2-4-14(12)20(16)18/h1-7,9,11,16,19,21H,8,10H2/t16-,19-/m1/s1. The van der Waals surface area contributed by atoms with Gasteiger partial charge in [-0.1, -0.05) is 30.3 Å². The van der Waals surface area contributed by atoms with Crippen molar-refractivity contribution >= 4 is 27.8 Å². The molecule has 9 nitrogen and oxygen atoms in total. The minimum atomic E-state index is -0.646. The lowest BCUT2D eigenvalue weighted by Crippen LogP contribution is -2.43. The van der Waals surface area contributed by atoms with Crippen molar-refractivity contribution in [3.63, 3.8) is 0 Å². The van der Waals surface area contributed by atoms with Crippen LogP contribution in [0.3, 0.4) is 0 Å². The predicted molar refractivity (Wildman–Crippen MR) is 106 cm³/mol. The summed E-state index contributed by atoms with van der Waals surface area (Å²) in [6.07, 6.45) is 1.32. The highest BCUT2D eigenvalue weighted by molar-refractivity contribution is 5.88. The summed E-state index contributed by atoms with van der Waals surface area (Å²) in [5.41, 5.74) is 3.69. The molecule has 9 heteroatoms. The van der Waals surface area contributed by atoms with E-state index in [0.29, 0.717) is 0 Å². The van der Waals surface area contributed by atoms with E-state index < -0.39 is 9.85 Å². The molecule has 1 fully saturated rings. The van der Waals surface area contributed by atoms with Crippen LogP contribution in [-0.4, -0.2) is 21.1 Å². The third-order valence-electron chi connectivity index (χ3n) is 5.50. The second-order valence-electron chi connectivity index (χ2n) is 7.10. The Balaban J connectivity index is 1.55. The Morgan fingerprint density at radius 1 is 1.00 bits per heavy atom. The van der Waals surface area contributed by atoms with Crippen LogP contribution in [0.5, 0.6) is 5.75 Å². The first-order valence-electron chi connectivity index (χ1n) is 9.19. The lowest BCUT2D eigenvalue weighted by molar-refractivity contribution is -0.393. The zero-order chi connectivity index (χ0) is 20.1. The fraction of sp³-hybridized carbons (Fsp3) is 0.200. The molecule has 0 spiro atoms. The van der Waals surface area contributed by atoms with E-state index in [1.54, 1.807) is 0 Å². The van der Waals surface area contributed by atoms with Crippen molar-refractivity contribution in [3.8, 4) is 5.75 Å². The average Bonchev–Trinajstić information content (AvgIpc) is 2.98. The summed E-state index contributed by atoms with van der Waals surface area (Å²) in [6, 6.07) is 15.6. The van der Waals surface area contributed by atoms with E-state index in [9.17, 15) is 20.2 Å². The van der Waals surface area contributed by atoms with Gasteiger partial charge in [0.25, 0.3) is 5.69 Å². The first-order valence-corrected chi connectivity index (χ1v) is 9.19. The minimum Gasteiger partial charge on any atom is -0.473 e. The van der Waals surface area contributed by atoms with Crippen LogP contribution in [0.2, 0.25) is 0 Å². The molecule has 29 heavy (non-hydrogen) atoms. The number of hydrogen-bond donors (Lipinski definition) is 1. The molecule has 0 aromatic heterocycles. The summed E-state index contributed by atoms with van der Waals surface area (Å²) in [5.74, 6) is 0.826. The molecular formula is C20H16N4O5. The number of fused-ring (bicyclic) bond motifs is 6. The maximum atomic E-state index is 11.5. The number of nitro benzene ring substituents is 2. The number of ether oxygens (including phenoxy) is 1. The van der Waals surface area contributed by atoms with Gasteiger partial charge in [-0.25, -0.2) is 0 Å². The molecule has 0 aliphatic carbocycles. The van der Waals surface area contributed by atoms with Gasteiger partial charge in [0.05, 0.1) is 22.0 Å². The molecule has 3 aromatic rings. The predicted octanol–water partition coefficient (Wildman–Crippen LogP) is 4.54. The zero-order valence-electron chi connectivity index (χ0n) is 15.1. The van der Waals surface area contributed by atoms with Gasteiger partial charge in [0.15, 0.2) is 6.23 Å². The molecule has 146 valence electrons. The molecule has 1 N–H and O–H groups in total. The second-order valence-corrected chi connectivity index (χ2v) is 7.10. The number of nitrogens with one attached hydrogen (secondary N) is 1. The molecule has 3 aromatic carbocycles. The SMILES string of the molecule is O=[N+]([O-])c1ccc(NN2[C@@H]3CC[C@H]2Oc2ccc4ccccc4c23)c([N+](=O)[O-])c1. The number of rotatable bonds is 4. The Labute approximate surface area is 164 Å². The summed E-state index contributed by atoms with van der Waals surface area (Å²) in [4.78, 5) is 21.2. The van der Waals surface area contributed by atoms with Crippen LogP contribution >= 0.6 is 0 Å². The molecule has 1 saturated heterocycles. The number of hydrazine groups is 1. The molecule has 2 atom stereocenters. The highest BCUT2D eigenvalue weighted by Gasteiger charge is 2.43.